The topological polar surface area (TPSA) is 40.5 Å². The summed E-state index contributed by atoms with van der Waals surface area (Å²) in [5, 5.41) is 9.26. The average molecular weight is 253 g/mol. The fourth-order valence-electron chi connectivity index (χ4n) is 3.65. The van der Waals surface area contributed by atoms with Gasteiger partial charge in [-0.3, -0.25) is 4.79 Å². The van der Waals surface area contributed by atoms with Crippen LogP contribution in [0, 0.1) is 5.41 Å². The molecule has 0 aromatic carbocycles. The molecule has 0 spiro atoms. The minimum Gasteiger partial charge on any atom is -0.481 e. The van der Waals surface area contributed by atoms with Gasteiger partial charge in [0.2, 0.25) is 0 Å². The van der Waals surface area contributed by atoms with Crippen molar-refractivity contribution in [2.45, 2.75) is 76.8 Å². The molecule has 104 valence electrons. The number of hydrogen-bond donors (Lipinski definition) is 1. The summed E-state index contributed by atoms with van der Waals surface area (Å²) in [6, 6.07) is 1.36. The molecule has 0 atom stereocenters. The molecule has 0 amide bonds. The van der Waals surface area contributed by atoms with Crippen LogP contribution in [-0.4, -0.2) is 35.1 Å². The zero-order chi connectivity index (χ0) is 13.2. The van der Waals surface area contributed by atoms with Crippen molar-refractivity contribution in [2.75, 3.05) is 7.05 Å². The Balaban J connectivity index is 1.87. The molecule has 0 heterocycles. The monoisotopic (exact) mass is 253 g/mol. The zero-order valence-corrected chi connectivity index (χ0v) is 11.8. The van der Waals surface area contributed by atoms with Crippen LogP contribution in [0.3, 0.4) is 0 Å². The van der Waals surface area contributed by atoms with E-state index < -0.39 is 11.4 Å². The molecule has 2 saturated carbocycles. The van der Waals surface area contributed by atoms with Crippen molar-refractivity contribution in [3.63, 3.8) is 0 Å². The lowest BCUT2D eigenvalue weighted by Crippen LogP contribution is -2.45. The molecular formula is C15H27NO2. The molecule has 0 saturated heterocycles. The van der Waals surface area contributed by atoms with E-state index in [4.69, 9.17) is 0 Å². The summed E-state index contributed by atoms with van der Waals surface area (Å²) in [4.78, 5) is 13.8. The van der Waals surface area contributed by atoms with E-state index in [0.717, 1.165) is 31.7 Å². The normalized spacial score (nSPS) is 34.7. The number of nitrogens with zero attached hydrogens (tertiary/aromatic N) is 1. The van der Waals surface area contributed by atoms with Crippen LogP contribution in [0.4, 0.5) is 0 Å². The first kappa shape index (κ1) is 13.9. The highest BCUT2D eigenvalue weighted by molar-refractivity contribution is 5.74. The summed E-state index contributed by atoms with van der Waals surface area (Å²) < 4.78 is 0. The van der Waals surface area contributed by atoms with Gasteiger partial charge in [-0.15, -0.1) is 0 Å². The Morgan fingerprint density at radius 1 is 1.06 bits per heavy atom. The number of carboxylic acids is 1. The average Bonchev–Trinajstić information content (AvgIpc) is 2.40. The lowest BCUT2D eigenvalue weighted by atomic mass is 9.73. The van der Waals surface area contributed by atoms with E-state index in [1.807, 2.05) is 6.92 Å². The van der Waals surface area contributed by atoms with Gasteiger partial charge in [0.1, 0.15) is 0 Å². The lowest BCUT2D eigenvalue weighted by Gasteiger charge is -2.42. The summed E-state index contributed by atoms with van der Waals surface area (Å²) in [7, 11) is 2.25. The van der Waals surface area contributed by atoms with Gasteiger partial charge in [-0.25, -0.2) is 0 Å². The van der Waals surface area contributed by atoms with Crippen molar-refractivity contribution in [1.82, 2.24) is 4.90 Å². The number of rotatable bonds is 3. The molecule has 0 aromatic rings. The molecule has 0 radical (unpaired) electrons. The Morgan fingerprint density at radius 2 is 1.56 bits per heavy atom. The molecule has 0 bridgehead atoms. The maximum absolute atomic E-state index is 11.2. The first-order chi connectivity index (χ1) is 8.53. The first-order valence-electron chi connectivity index (χ1n) is 7.48. The van der Waals surface area contributed by atoms with Crippen LogP contribution in [-0.2, 0) is 4.79 Å². The Morgan fingerprint density at radius 3 is 2.06 bits per heavy atom. The fraction of sp³-hybridized carbons (Fsp3) is 0.933. The summed E-state index contributed by atoms with van der Waals surface area (Å²) in [6.07, 6.45) is 10.6. The number of hydrogen-bond acceptors (Lipinski definition) is 2. The third-order valence-electron chi connectivity index (χ3n) is 5.30. The van der Waals surface area contributed by atoms with Crippen molar-refractivity contribution in [1.29, 1.82) is 0 Å². The summed E-state index contributed by atoms with van der Waals surface area (Å²) in [5.41, 5.74) is -0.468. The molecule has 2 fully saturated rings. The molecule has 0 aliphatic heterocycles. The smallest absolute Gasteiger partial charge is 0.309 e. The third kappa shape index (κ3) is 2.87. The minimum absolute atomic E-state index is 0.468. The largest absolute Gasteiger partial charge is 0.481 e. The van der Waals surface area contributed by atoms with Gasteiger partial charge in [-0.2, -0.15) is 0 Å². The summed E-state index contributed by atoms with van der Waals surface area (Å²) in [5.74, 6) is -0.610. The molecule has 0 unspecified atom stereocenters. The van der Waals surface area contributed by atoms with Crippen LogP contribution >= 0.6 is 0 Å². The van der Waals surface area contributed by atoms with Crippen molar-refractivity contribution >= 4 is 5.97 Å². The predicted molar refractivity (Wildman–Crippen MR) is 72.6 cm³/mol. The third-order valence-corrected chi connectivity index (χ3v) is 5.30. The lowest BCUT2D eigenvalue weighted by molar-refractivity contribution is -0.150. The number of carbonyl (C=O) groups is 1. The van der Waals surface area contributed by atoms with E-state index in [2.05, 4.69) is 11.9 Å². The molecule has 2 aliphatic rings. The van der Waals surface area contributed by atoms with Crippen molar-refractivity contribution in [3.05, 3.63) is 0 Å². The highest BCUT2D eigenvalue weighted by atomic mass is 16.4. The molecule has 2 aliphatic carbocycles. The Labute approximate surface area is 111 Å². The second-order valence-corrected chi connectivity index (χ2v) is 6.55. The van der Waals surface area contributed by atoms with Crippen molar-refractivity contribution in [2.24, 2.45) is 5.41 Å². The zero-order valence-electron chi connectivity index (χ0n) is 11.8. The van der Waals surface area contributed by atoms with E-state index in [0.29, 0.717) is 6.04 Å². The highest BCUT2D eigenvalue weighted by Gasteiger charge is 2.39. The SMILES string of the molecule is CN(C1CCCCC1)C1CCC(C)(C(=O)O)CC1. The van der Waals surface area contributed by atoms with E-state index in [9.17, 15) is 9.90 Å². The van der Waals surface area contributed by atoms with Crippen LogP contribution in [0.25, 0.3) is 0 Å². The second-order valence-electron chi connectivity index (χ2n) is 6.55. The quantitative estimate of drug-likeness (QED) is 0.839. The van der Waals surface area contributed by atoms with Crippen LogP contribution in [0.5, 0.6) is 0 Å². The first-order valence-corrected chi connectivity index (χ1v) is 7.48. The molecule has 3 nitrogen and oxygen atoms in total. The number of carboxylic acid groups (broad SMARTS) is 1. The molecule has 0 aromatic heterocycles. The minimum atomic E-state index is -0.610. The summed E-state index contributed by atoms with van der Waals surface area (Å²) in [6.45, 7) is 1.91. The maximum Gasteiger partial charge on any atom is 0.309 e. The summed E-state index contributed by atoms with van der Waals surface area (Å²) >= 11 is 0. The van der Waals surface area contributed by atoms with E-state index in [1.165, 1.54) is 32.1 Å². The molecule has 18 heavy (non-hydrogen) atoms. The van der Waals surface area contributed by atoms with Crippen LogP contribution in [0.2, 0.25) is 0 Å². The van der Waals surface area contributed by atoms with Gasteiger partial charge in [-0.1, -0.05) is 19.3 Å². The van der Waals surface area contributed by atoms with Crippen LogP contribution in [0.1, 0.15) is 64.7 Å². The van der Waals surface area contributed by atoms with Crippen LogP contribution in [0.15, 0.2) is 0 Å². The van der Waals surface area contributed by atoms with Gasteiger partial charge >= 0.3 is 5.97 Å². The van der Waals surface area contributed by atoms with Gasteiger partial charge in [0.25, 0.3) is 0 Å². The molecule has 1 N–H and O–H groups in total. The Bertz CT molecular complexity index is 289. The van der Waals surface area contributed by atoms with Crippen molar-refractivity contribution in [3.8, 4) is 0 Å². The van der Waals surface area contributed by atoms with E-state index in [1.54, 1.807) is 0 Å². The van der Waals surface area contributed by atoms with Gasteiger partial charge in [-0.05, 0) is 52.5 Å². The molecular weight excluding hydrogens is 226 g/mol. The Kier molecular flexibility index (Phi) is 4.31. The second kappa shape index (κ2) is 5.60. The van der Waals surface area contributed by atoms with Gasteiger partial charge < -0.3 is 10.0 Å². The van der Waals surface area contributed by atoms with E-state index in [-0.39, 0.29) is 0 Å². The van der Waals surface area contributed by atoms with Crippen molar-refractivity contribution < 1.29 is 9.90 Å². The fourth-order valence-corrected chi connectivity index (χ4v) is 3.65. The van der Waals surface area contributed by atoms with Gasteiger partial charge in [0, 0.05) is 12.1 Å². The molecule has 2 rings (SSSR count). The number of aliphatic carboxylic acids is 1. The highest BCUT2D eigenvalue weighted by Crippen LogP contribution is 2.38. The van der Waals surface area contributed by atoms with Gasteiger partial charge in [0.05, 0.1) is 5.41 Å². The van der Waals surface area contributed by atoms with Gasteiger partial charge in [0.15, 0.2) is 0 Å². The van der Waals surface area contributed by atoms with Crippen LogP contribution < -0.4 is 0 Å². The maximum atomic E-state index is 11.2. The molecule has 3 heteroatoms. The standard InChI is InChI=1S/C15H27NO2/c1-15(14(17)18)10-8-13(9-11-15)16(2)12-6-4-3-5-7-12/h12-13H,3-11H2,1-2H3,(H,17,18). The predicted octanol–water partition coefficient (Wildman–Crippen LogP) is 3.28. The Hall–Kier alpha value is -0.570. The van der Waals surface area contributed by atoms with E-state index >= 15 is 0 Å².